The van der Waals surface area contributed by atoms with Crippen molar-refractivity contribution in [3.05, 3.63) is 56.0 Å². The van der Waals surface area contributed by atoms with E-state index in [1.807, 2.05) is 0 Å². The number of carbonyl (C=O) groups excluding carboxylic acids is 1. The van der Waals surface area contributed by atoms with Crippen LogP contribution in [0.1, 0.15) is 24.6 Å². The standard InChI is InChI=1S/C18H22N4O6/c1-12(19-9-4-10-27-2)17-15(11-16(23)28-3)20-21(18(17)24)13-5-7-14(8-6-13)22(25)26/h5-8,20H,4,9-11H2,1-3H3. The fourth-order valence-electron chi connectivity index (χ4n) is 2.64. The van der Waals surface area contributed by atoms with E-state index in [0.717, 1.165) is 0 Å². The van der Waals surface area contributed by atoms with Crippen molar-refractivity contribution in [2.45, 2.75) is 19.8 Å². The summed E-state index contributed by atoms with van der Waals surface area (Å²) in [4.78, 5) is 39.4. The lowest BCUT2D eigenvalue weighted by Gasteiger charge is -2.02. The summed E-state index contributed by atoms with van der Waals surface area (Å²) in [6.07, 6.45) is 0.563. The van der Waals surface area contributed by atoms with Crippen LogP contribution >= 0.6 is 0 Å². The number of aromatic nitrogens is 2. The third kappa shape index (κ3) is 4.92. The number of nitrogens with one attached hydrogen (secondary N) is 1. The van der Waals surface area contributed by atoms with Gasteiger partial charge in [0.15, 0.2) is 0 Å². The molecule has 150 valence electrons. The fourth-order valence-corrected chi connectivity index (χ4v) is 2.64. The highest BCUT2D eigenvalue weighted by Crippen LogP contribution is 2.15. The summed E-state index contributed by atoms with van der Waals surface area (Å²) < 4.78 is 10.9. The van der Waals surface area contributed by atoms with Gasteiger partial charge in [-0.2, -0.15) is 0 Å². The number of methoxy groups -OCH3 is 2. The van der Waals surface area contributed by atoms with Crippen LogP contribution in [0.25, 0.3) is 5.69 Å². The maximum absolute atomic E-state index is 12.9. The number of aliphatic imine (C=N–C) groups is 1. The zero-order valence-corrected chi connectivity index (χ0v) is 15.9. The lowest BCUT2D eigenvalue weighted by Crippen LogP contribution is -2.20. The van der Waals surface area contributed by atoms with Gasteiger partial charge in [0.25, 0.3) is 11.2 Å². The molecule has 0 aliphatic heterocycles. The Morgan fingerprint density at radius 3 is 2.54 bits per heavy atom. The summed E-state index contributed by atoms with van der Waals surface area (Å²) in [5.41, 5.74) is 1.04. The summed E-state index contributed by atoms with van der Waals surface area (Å²) in [5, 5.41) is 13.7. The smallest absolute Gasteiger partial charge is 0.311 e. The minimum Gasteiger partial charge on any atom is -0.469 e. The molecule has 0 saturated carbocycles. The van der Waals surface area contributed by atoms with Crippen LogP contribution in [0.2, 0.25) is 0 Å². The van der Waals surface area contributed by atoms with Gasteiger partial charge in [0.1, 0.15) is 0 Å². The number of non-ortho nitro benzene ring substituents is 1. The highest BCUT2D eigenvalue weighted by Gasteiger charge is 2.20. The van der Waals surface area contributed by atoms with Crippen LogP contribution in [0.3, 0.4) is 0 Å². The van der Waals surface area contributed by atoms with E-state index >= 15 is 0 Å². The average molecular weight is 390 g/mol. The van der Waals surface area contributed by atoms with Crippen molar-refractivity contribution >= 4 is 17.4 Å². The van der Waals surface area contributed by atoms with Gasteiger partial charge in [-0.3, -0.25) is 29.8 Å². The van der Waals surface area contributed by atoms with Crippen molar-refractivity contribution in [1.29, 1.82) is 0 Å². The Kier molecular flexibility index (Phi) is 7.21. The van der Waals surface area contributed by atoms with Crippen LogP contribution in [0, 0.1) is 10.1 Å². The van der Waals surface area contributed by atoms with E-state index in [9.17, 15) is 19.7 Å². The first-order valence-electron chi connectivity index (χ1n) is 8.55. The molecule has 1 aromatic heterocycles. The van der Waals surface area contributed by atoms with Crippen LogP contribution in [0.5, 0.6) is 0 Å². The highest BCUT2D eigenvalue weighted by atomic mass is 16.6. The monoisotopic (exact) mass is 390 g/mol. The first-order valence-corrected chi connectivity index (χ1v) is 8.55. The van der Waals surface area contributed by atoms with E-state index in [1.54, 1.807) is 14.0 Å². The molecule has 0 aliphatic rings. The molecule has 0 spiro atoms. The van der Waals surface area contributed by atoms with Crippen LogP contribution < -0.4 is 5.56 Å². The summed E-state index contributed by atoms with van der Waals surface area (Å²) >= 11 is 0. The van der Waals surface area contributed by atoms with E-state index < -0.39 is 16.5 Å². The second kappa shape index (κ2) is 9.60. The zero-order chi connectivity index (χ0) is 20.7. The number of rotatable bonds is 9. The molecule has 0 aliphatic carbocycles. The van der Waals surface area contributed by atoms with Gasteiger partial charge in [-0.1, -0.05) is 0 Å². The number of nitrogens with zero attached hydrogens (tertiary/aromatic N) is 3. The molecule has 10 nitrogen and oxygen atoms in total. The number of ether oxygens (including phenoxy) is 2. The summed E-state index contributed by atoms with van der Waals surface area (Å²) in [6.45, 7) is 2.71. The van der Waals surface area contributed by atoms with Crippen molar-refractivity contribution in [2.24, 2.45) is 4.99 Å². The third-order valence-corrected chi connectivity index (χ3v) is 4.05. The average Bonchev–Trinajstić information content (AvgIpc) is 3.00. The lowest BCUT2D eigenvalue weighted by atomic mass is 10.1. The molecule has 0 fully saturated rings. The van der Waals surface area contributed by atoms with Crippen LogP contribution in [0.15, 0.2) is 34.1 Å². The lowest BCUT2D eigenvalue weighted by molar-refractivity contribution is -0.384. The largest absolute Gasteiger partial charge is 0.469 e. The van der Waals surface area contributed by atoms with E-state index in [2.05, 4.69) is 10.1 Å². The van der Waals surface area contributed by atoms with Crippen molar-refractivity contribution in [3.63, 3.8) is 0 Å². The number of H-pyrrole nitrogens is 1. The van der Waals surface area contributed by atoms with Gasteiger partial charge in [-0.25, -0.2) is 4.68 Å². The van der Waals surface area contributed by atoms with Crippen LogP contribution in [-0.4, -0.2) is 53.8 Å². The van der Waals surface area contributed by atoms with E-state index in [0.29, 0.717) is 36.7 Å². The number of hydrogen-bond acceptors (Lipinski definition) is 7. The minimum absolute atomic E-state index is 0.0887. The predicted molar refractivity (Wildman–Crippen MR) is 102 cm³/mol. The fraction of sp³-hybridized carbons (Fsp3) is 0.389. The van der Waals surface area contributed by atoms with Gasteiger partial charge in [0.05, 0.1) is 35.4 Å². The normalized spacial score (nSPS) is 11.5. The van der Waals surface area contributed by atoms with Gasteiger partial charge in [-0.05, 0) is 25.5 Å². The Labute approximate surface area is 160 Å². The summed E-state index contributed by atoms with van der Waals surface area (Å²) in [7, 11) is 2.86. The molecule has 1 N–H and O–H groups in total. The number of nitro groups is 1. The molecular formula is C18H22N4O6. The molecular weight excluding hydrogens is 368 g/mol. The Morgan fingerprint density at radius 2 is 1.96 bits per heavy atom. The van der Waals surface area contributed by atoms with Crippen LogP contribution in [0.4, 0.5) is 5.69 Å². The molecule has 0 unspecified atom stereocenters. The third-order valence-electron chi connectivity index (χ3n) is 4.05. The Hall–Kier alpha value is -3.27. The number of esters is 1. The number of aromatic amines is 1. The molecule has 10 heteroatoms. The van der Waals surface area contributed by atoms with Crippen molar-refractivity contribution in [3.8, 4) is 5.69 Å². The molecule has 28 heavy (non-hydrogen) atoms. The predicted octanol–water partition coefficient (Wildman–Crippen LogP) is 1.63. The molecule has 0 atom stereocenters. The number of hydrogen-bond donors (Lipinski definition) is 1. The van der Waals surface area contributed by atoms with Gasteiger partial charge in [0, 0.05) is 38.1 Å². The van der Waals surface area contributed by atoms with Crippen molar-refractivity contribution in [1.82, 2.24) is 9.78 Å². The van der Waals surface area contributed by atoms with Gasteiger partial charge < -0.3 is 9.47 Å². The van der Waals surface area contributed by atoms with Gasteiger partial charge in [0.2, 0.25) is 0 Å². The molecule has 2 rings (SSSR count). The Bertz CT molecular complexity index is 927. The number of benzene rings is 1. The molecule has 2 aromatic rings. The molecule has 1 aromatic carbocycles. The second-order valence-electron chi connectivity index (χ2n) is 5.95. The van der Waals surface area contributed by atoms with Gasteiger partial charge >= 0.3 is 5.97 Å². The molecule has 0 bridgehead atoms. The molecule has 0 radical (unpaired) electrons. The maximum Gasteiger partial charge on any atom is 0.311 e. The number of carbonyl (C=O) groups is 1. The quantitative estimate of drug-likeness (QED) is 0.228. The second-order valence-corrected chi connectivity index (χ2v) is 5.95. The van der Waals surface area contributed by atoms with E-state index in [-0.39, 0.29) is 17.7 Å². The number of nitro benzene ring substituents is 1. The maximum atomic E-state index is 12.9. The Balaban J connectivity index is 2.46. The van der Waals surface area contributed by atoms with E-state index in [4.69, 9.17) is 9.47 Å². The molecule has 1 heterocycles. The highest BCUT2D eigenvalue weighted by molar-refractivity contribution is 6.00. The van der Waals surface area contributed by atoms with Crippen molar-refractivity contribution in [2.75, 3.05) is 27.4 Å². The zero-order valence-electron chi connectivity index (χ0n) is 15.9. The summed E-state index contributed by atoms with van der Waals surface area (Å²) in [5.74, 6) is -0.509. The van der Waals surface area contributed by atoms with E-state index in [1.165, 1.54) is 36.1 Å². The molecule has 0 amide bonds. The molecule has 0 saturated heterocycles. The van der Waals surface area contributed by atoms with Crippen molar-refractivity contribution < 1.29 is 19.2 Å². The summed E-state index contributed by atoms with van der Waals surface area (Å²) in [6, 6.07) is 5.50. The van der Waals surface area contributed by atoms with Gasteiger partial charge in [-0.15, -0.1) is 0 Å². The Morgan fingerprint density at radius 1 is 1.29 bits per heavy atom. The topological polar surface area (TPSA) is 129 Å². The first kappa shape index (κ1) is 21.0. The van der Waals surface area contributed by atoms with Crippen LogP contribution in [-0.2, 0) is 20.7 Å². The first-order chi connectivity index (χ1) is 13.4. The SMILES string of the molecule is COCCCN=C(C)c1c(CC(=O)OC)[nH]n(-c2ccc([N+](=O)[O-])cc2)c1=O. The minimum atomic E-state index is -0.522.